The minimum atomic E-state index is -0.649. The Morgan fingerprint density at radius 2 is 2.11 bits per heavy atom. The molecule has 1 unspecified atom stereocenters. The van der Waals surface area contributed by atoms with Gasteiger partial charge in [0.15, 0.2) is 0 Å². The lowest BCUT2D eigenvalue weighted by atomic mass is 9.97. The van der Waals surface area contributed by atoms with Crippen molar-refractivity contribution in [1.82, 2.24) is 15.2 Å². The molecule has 0 saturated carbocycles. The van der Waals surface area contributed by atoms with Crippen molar-refractivity contribution in [2.75, 3.05) is 25.0 Å². The molecule has 0 spiro atoms. The summed E-state index contributed by atoms with van der Waals surface area (Å²) in [6.45, 7) is 4.44. The third-order valence-electron chi connectivity index (χ3n) is 4.56. The normalized spacial score (nSPS) is 18.1. The average molecular weight is 396 g/mol. The molecule has 2 heterocycles. The number of halogens is 1. The van der Waals surface area contributed by atoms with Gasteiger partial charge in [-0.2, -0.15) is 0 Å². The predicted octanol–water partition coefficient (Wildman–Crippen LogP) is 1.01. The molecular formula is C18H26ClN5O3. The predicted molar refractivity (Wildman–Crippen MR) is 103 cm³/mol. The molecule has 1 aliphatic rings. The summed E-state index contributed by atoms with van der Waals surface area (Å²) in [6.07, 6.45) is 2.86. The standard InChI is InChI=1S/C18H26ClN5O3/c1-11(2)16(20)18(27)22-9-15(25)24-7-3-4-12(10-24)17(26)23-14-6-5-13(19)8-21-14/h5-6,8,11-12,16H,3-4,7,9-10,20H2,1-2H3,(H,22,27)(H,21,23,26)/t12?,16-/m0/s1. The van der Waals surface area contributed by atoms with Crippen molar-refractivity contribution in [1.29, 1.82) is 0 Å². The molecule has 9 heteroatoms. The topological polar surface area (TPSA) is 117 Å². The number of anilines is 1. The van der Waals surface area contributed by atoms with Gasteiger partial charge >= 0.3 is 0 Å². The van der Waals surface area contributed by atoms with Gasteiger partial charge in [-0.1, -0.05) is 25.4 Å². The second-order valence-electron chi connectivity index (χ2n) is 7.02. The van der Waals surface area contributed by atoms with E-state index in [9.17, 15) is 14.4 Å². The van der Waals surface area contributed by atoms with Crippen molar-refractivity contribution in [3.63, 3.8) is 0 Å². The van der Waals surface area contributed by atoms with Gasteiger partial charge in [0, 0.05) is 19.3 Å². The van der Waals surface area contributed by atoms with Crippen LogP contribution in [0.2, 0.25) is 5.02 Å². The second kappa shape index (κ2) is 9.66. The Kier molecular flexibility index (Phi) is 7.55. The van der Waals surface area contributed by atoms with Crippen LogP contribution in [0, 0.1) is 11.8 Å². The fourth-order valence-electron chi connectivity index (χ4n) is 2.79. The third-order valence-corrected chi connectivity index (χ3v) is 4.78. The zero-order valence-electron chi connectivity index (χ0n) is 15.6. The highest BCUT2D eigenvalue weighted by molar-refractivity contribution is 6.30. The lowest BCUT2D eigenvalue weighted by molar-refractivity contribution is -0.136. The summed E-state index contributed by atoms with van der Waals surface area (Å²) >= 11 is 5.78. The van der Waals surface area contributed by atoms with Crippen molar-refractivity contribution in [3.8, 4) is 0 Å². The quantitative estimate of drug-likeness (QED) is 0.664. The Bertz CT molecular complexity index is 680. The van der Waals surface area contributed by atoms with Gasteiger partial charge in [0.05, 0.1) is 23.5 Å². The Balaban J connectivity index is 1.85. The van der Waals surface area contributed by atoms with Gasteiger partial charge < -0.3 is 21.3 Å². The van der Waals surface area contributed by atoms with Gasteiger partial charge in [0.1, 0.15) is 5.82 Å². The van der Waals surface area contributed by atoms with Gasteiger partial charge in [-0.05, 0) is 30.9 Å². The third kappa shape index (κ3) is 6.18. The van der Waals surface area contributed by atoms with E-state index in [0.29, 0.717) is 30.4 Å². The molecule has 27 heavy (non-hydrogen) atoms. The summed E-state index contributed by atoms with van der Waals surface area (Å²) in [4.78, 5) is 42.3. The number of nitrogens with two attached hydrogens (primary N) is 1. The molecule has 1 aromatic heterocycles. The van der Waals surface area contributed by atoms with E-state index in [-0.39, 0.29) is 36.1 Å². The number of nitrogens with one attached hydrogen (secondary N) is 2. The van der Waals surface area contributed by atoms with Crippen molar-refractivity contribution in [2.45, 2.75) is 32.7 Å². The molecule has 0 aliphatic carbocycles. The minimum Gasteiger partial charge on any atom is -0.346 e. The fraction of sp³-hybridized carbons (Fsp3) is 0.556. The van der Waals surface area contributed by atoms with Gasteiger partial charge in [0.25, 0.3) is 0 Å². The van der Waals surface area contributed by atoms with E-state index in [1.54, 1.807) is 17.0 Å². The lowest BCUT2D eigenvalue weighted by Gasteiger charge is -2.32. The highest BCUT2D eigenvalue weighted by Crippen LogP contribution is 2.19. The molecule has 3 amide bonds. The van der Waals surface area contributed by atoms with Gasteiger partial charge in [-0.25, -0.2) is 4.98 Å². The summed E-state index contributed by atoms with van der Waals surface area (Å²) in [6, 6.07) is 2.62. The molecule has 148 valence electrons. The monoisotopic (exact) mass is 395 g/mol. The van der Waals surface area contributed by atoms with Crippen LogP contribution in [0.1, 0.15) is 26.7 Å². The summed E-state index contributed by atoms with van der Waals surface area (Å²) < 4.78 is 0. The number of hydrogen-bond donors (Lipinski definition) is 3. The fourth-order valence-corrected chi connectivity index (χ4v) is 2.90. The number of pyridine rings is 1. The van der Waals surface area contributed by atoms with Gasteiger partial charge in [0.2, 0.25) is 17.7 Å². The number of piperidine rings is 1. The first-order valence-corrected chi connectivity index (χ1v) is 9.39. The van der Waals surface area contributed by atoms with Crippen LogP contribution >= 0.6 is 11.6 Å². The number of hydrogen-bond acceptors (Lipinski definition) is 5. The second-order valence-corrected chi connectivity index (χ2v) is 7.45. The van der Waals surface area contributed by atoms with Crippen molar-refractivity contribution in [2.24, 2.45) is 17.6 Å². The number of likely N-dealkylation sites (tertiary alicyclic amines) is 1. The largest absolute Gasteiger partial charge is 0.346 e. The van der Waals surface area contributed by atoms with Crippen LogP contribution < -0.4 is 16.4 Å². The van der Waals surface area contributed by atoms with Crippen molar-refractivity contribution in [3.05, 3.63) is 23.4 Å². The number of nitrogens with zero attached hydrogens (tertiary/aromatic N) is 2. The van der Waals surface area contributed by atoms with Gasteiger partial charge in [-0.15, -0.1) is 0 Å². The summed E-state index contributed by atoms with van der Waals surface area (Å²) in [5.74, 6) is -0.672. The number of carbonyl (C=O) groups excluding carboxylic acids is 3. The molecule has 2 rings (SSSR count). The Morgan fingerprint density at radius 3 is 2.74 bits per heavy atom. The highest BCUT2D eigenvalue weighted by Gasteiger charge is 2.29. The maximum absolute atomic E-state index is 12.4. The first-order valence-electron chi connectivity index (χ1n) is 9.01. The zero-order chi connectivity index (χ0) is 20.0. The SMILES string of the molecule is CC(C)[C@H](N)C(=O)NCC(=O)N1CCCC(C(=O)Nc2ccc(Cl)cn2)C1. The minimum absolute atomic E-state index is 0.00959. The lowest BCUT2D eigenvalue weighted by Crippen LogP contribution is -2.50. The molecule has 0 radical (unpaired) electrons. The average Bonchev–Trinajstić information content (AvgIpc) is 2.66. The van der Waals surface area contributed by atoms with Crippen molar-refractivity contribution < 1.29 is 14.4 Å². The van der Waals surface area contributed by atoms with Crippen LogP contribution in [0.25, 0.3) is 0 Å². The molecule has 2 atom stereocenters. The summed E-state index contributed by atoms with van der Waals surface area (Å²) in [5.41, 5.74) is 5.77. The zero-order valence-corrected chi connectivity index (χ0v) is 16.3. The van der Waals surface area contributed by atoms with E-state index in [2.05, 4.69) is 15.6 Å². The van der Waals surface area contributed by atoms with Gasteiger partial charge in [-0.3, -0.25) is 14.4 Å². The summed E-state index contributed by atoms with van der Waals surface area (Å²) in [5, 5.41) is 5.80. The maximum Gasteiger partial charge on any atom is 0.241 e. The van der Waals surface area contributed by atoms with E-state index in [1.807, 2.05) is 13.8 Å². The van der Waals surface area contributed by atoms with Crippen LogP contribution in [0.5, 0.6) is 0 Å². The van der Waals surface area contributed by atoms with Crippen LogP contribution in [0.15, 0.2) is 18.3 Å². The molecule has 1 saturated heterocycles. The molecule has 1 aliphatic heterocycles. The van der Waals surface area contributed by atoms with Crippen LogP contribution in [-0.2, 0) is 14.4 Å². The number of aromatic nitrogens is 1. The van der Waals surface area contributed by atoms with E-state index in [0.717, 1.165) is 6.42 Å². The number of carbonyl (C=O) groups is 3. The molecular weight excluding hydrogens is 370 g/mol. The Hall–Kier alpha value is -2.19. The Labute approximate surface area is 163 Å². The maximum atomic E-state index is 12.4. The van der Waals surface area contributed by atoms with E-state index >= 15 is 0 Å². The molecule has 8 nitrogen and oxygen atoms in total. The van der Waals surface area contributed by atoms with E-state index < -0.39 is 6.04 Å². The molecule has 1 fully saturated rings. The van der Waals surface area contributed by atoms with E-state index in [4.69, 9.17) is 17.3 Å². The summed E-state index contributed by atoms with van der Waals surface area (Å²) in [7, 11) is 0. The molecule has 1 aromatic rings. The van der Waals surface area contributed by atoms with Crippen molar-refractivity contribution >= 4 is 35.1 Å². The smallest absolute Gasteiger partial charge is 0.241 e. The van der Waals surface area contributed by atoms with Crippen LogP contribution in [-0.4, -0.2) is 53.3 Å². The van der Waals surface area contributed by atoms with Crippen LogP contribution in [0.3, 0.4) is 0 Å². The molecule has 0 bridgehead atoms. The Morgan fingerprint density at radius 1 is 1.37 bits per heavy atom. The number of amides is 3. The molecule has 0 aromatic carbocycles. The van der Waals surface area contributed by atoms with Crippen LogP contribution in [0.4, 0.5) is 5.82 Å². The van der Waals surface area contributed by atoms with E-state index in [1.165, 1.54) is 6.20 Å². The first kappa shape index (κ1) is 21.1. The molecule has 4 N–H and O–H groups in total. The first-order chi connectivity index (χ1) is 12.8. The highest BCUT2D eigenvalue weighted by atomic mass is 35.5. The number of rotatable bonds is 6.